The maximum Gasteiger partial charge on any atom is 0.333 e. The van der Waals surface area contributed by atoms with Crippen molar-refractivity contribution in [2.24, 2.45) is 0 Å². The van der Waals surface area contributed by atoms with E-state index in [9.17, 15) is 13.6 Å². The lowest BCUT2D eigenvalue weighted by atomic mass is 10.1. The van der Waals surface area contributed by atoms with Crippen molar-refractivity contribution in [3.63, 3.8) is 0 Å². The molecule has 4 aromatic heterocycles. The van der Waals surface area contributed by atoms with E-state index < -0.39 is 6.55 Å². The van der Waals surface area contributed by atoms with Gasteiger partial charge in [-0.3, -0.25) is 14.3 Å². The molecule has 1 saturated heterocycles. The number of alkyl halides is 2. The lowest BCUT2D eigenvalue weighted by Crippen LogP contribution is -2.37. The molecule has 0 bridgehead atoms. The number of morpholine rings is 1. The fraction of sp³-hybridized carbons (Fsp3) is 0.214. The first-order chi connectivity index (χ1) is 20.5. The average Bonchev–Trinajstić information content (AvgIpc) is 3.68. The number of amides is 1. The van der Waals surface area contributed by atoms with Crippen LogP contribution < -0.4 is 15.5 Å². The Morgan fingerprint density at radius 3 is 2.71 bits per heavy atom. The summed E-state index contributed by atoms with van der Waals surface area (Å²) in [5, 5.41) is 9.84. The van der Waals surface area contributed by atoms with Crippen LogP contribution in [0.4, 0.5) is 26.2 Å². The van der Waals surface area contributed by atoms with Crippen molar-refractivity contribution in [3.05, 3.63) is 79.5 Å². The smallest absolute Gasteiger partial charge is 0.333 e. The summed E-state index contributed by atoms with van der Waals surface area (Å²) < 4.78 is 34.0. The number of benzene rings is 1. The minimum absolute atomic E-state index is 0.287. The Bertz CT molecular complexity index is 1730. The van der Waals surface area contributed by atoms with Crippen molar-refractivity contribution < 1.29 is 18.3 Å². The molecule has 0 radical (unpaired) electrons. The van der Waals surface area contributed by atoms with E-state index >= 15 is 0 Å². The molecule has 0 saturated carbocycles. The van der Waals surface area contributed by atoms with Crippen LogP contribution in [0.1, 0.15) is 12.1 Å². The van der Waals surface area contributed by atoms with Crippen LogP contribution >= 0.6 is 0 Å². The molecule has 1 aliphatic rings. The summed E-state index contributed by atoms with van der Waals surface area (Å²) in [6.07, 6.45) is 7.07. The van der Waals surface area contributed by atoms with Gasteiger partial charge in [0.15, 0.2) is 17.0 Å². The van der Waals surface area contributed by atoms with Gasteiger partial charge in [-0.05, 0) is 29.8 Å². The second kappa shape index (κ2) is 11.7. The Balaban J connectivity index is 1.26. The Morgan fingerprint density at radius 1 is 1.12 bits per heavy atom. The van der Waals surface area contributed by atoms with Crippen LogP contribution in [-0.4, -0.2) is 66.5 Å². The summed E-state index contributed by atoms with van der Waals surface area (Å²) in [6, 6.07) is 11.2. The number of ether oxygens (including phenoxy) is 1. The van der Waals surface area contributed by atoms with Crippen molar-refractivity contribution in [2.75, 3.05) is 41.8 Å². The monoisotopic (exact) mass is 572 g/mol. The number of hydrogen-bond donors (Lipinski definition) is 2. The van der Waals surface area contributed by atoms with Crippen LogP contribution in [-0.2, 0) is 16.1 Å². The molecule has 5 aromatic rings. The van der Waals surface area contributed by atoms with Gasteiger partial charge < -0.3 is 20.3 Å². The third kappa shape index (κ3) is 5.65. The van der Waals surface area contributed by atoms with Crippen LogP contribution in [0, 0.1) is 0 Å². The van der Waals surface area contributed by atoms with Gasteiger partial charge in [0.2, 0.25) is 11.9 Å². The highest BCUT2D eigenvalue weighted by Crippen LogP contribution is 2.27. The molecule has 0 atom stereocenters. The molecule has 42 heavy (non-hydrogen) atoms. The van der Waals surface area contributed by atoms with Gasteiger partial charge in [-0.15, -0.1) is 0 Å². The van der Waals surface area contributed by atoms with E-state index in [-0.39, 0.29) is 5.91 Å². The maximum atomic E-state index is 13.2. The van der Waals surface area contributed by atoms with Gasteiger partial charge in [-0.25, -0.2) is 9.67 Å². The SMILES string of the molecule is C=CC(=O)Nc1cccc(-c2ccc(CNc3nc(N4CCOCC4)nc4c3ncn4-c3cnn(C(F)F)c3)cn2)c1. The van der Waals surface area contributed by atoms with E-state index in [1.165, 1.54) is 24.8 Å². The number of nitrogens with zero attached hydrogens (tertiary/aromatic N) is 8. The van der Waals surface area contributed by atoms with Gasteiger partial charge in [-0.1, -0.05) is 24.8 Å². The van der Waals surface area contributed by atoms with Crippen molar-refractivity contribution in [1.82, 2.24) is 34.3 Å². The second-order valence-electron chi connectivity index (χ2n) is 9.39. The van der Waals surface area contributed by atoms with Crippen molar-refractivity contribution in [3.8, 4) is 16.9 Å². The quantitative estimate of drug-likeness (QED) is 0.252. The molecule has 1 aromatic carbocycles. The number of imidazole rings is 1. The molecule has 0 spiro atoms. The van der Waals surface area contributed by atoms with Crippen molar-refractivity contribution in [2.45, 2.75) is 13.1 Å². The van der Waals surface area contributed by atoms with Gasteiger partial charge in [0, 0.05) is 37.1 Å². The summed E-state index contributed by atoms with van der Waals surface area (Å²) in [6.45, 7) is 3.44. The zero-order chi connectivity index (χ0) is 29.1. The fourth-order valence-electron chi connectivity index (χ4n) is 4.50. The largest absolute Gasteiger partial charge is 0.378 e. The predicted octanol–water partition coefficient (Wildman–Crippen LogP) is 4.04. The van der Waals surface area contributed by atoms with E-state index in [2.05, 4.69) is 32.3 Å². The number of carbonyl (C=O) groups is 1. The Hall–Kier alpha value is -5.24. The molecular formula is C28H26F2N10O2. The zero-order valence-corrected chi connectivity index (χ0v) is 22.3. The molecule has 2 N–H and O–H groups in total. The standard InChI is InChI=1S/C28H26F2N10O2/c1-2-23(41)35-20-5-3-4-19(12-20)22-7-6-18(13-31-22)14-32-25-24-26(37-28(36-25)38-8-10-42-11-9-38)39(17-33-24)21-15-34-40(16-21)27(29)30/h2-7,12-13,15-17,27H,1,8-11,14H2,(H,35,41)(H,32,36,37). The van der Waals surface area contributed by atoms with Gasteiger partial charge in [-0.2, -0.15) is 23.8 Å². The van der Waals surface area contributed by atoms with Crippen molar-refractivity contribution >= 4 is 34.5 Å². The number of hydrogen-bond acceptors (Lipinski definition) is 9. The highest BCUT2D eigenvalue weighted by molar-refractivity contribution is 5.99. The highest BCUT2D eigenvalue weighted by atomic mass is 19.3. The van der Waals surface area contributed by atoms with E-state index in [1.807, 2.05) is 35.2 Å². The van der Waals surface area contributed by atoms with Crippen LogP contribution in [0.2, 0.25) is 0 Å². The van der Waals surface area contributed by atoms with Gasteiger partial charge in [0.1, 0.15) is 6.33 Å². The van der Waals surface area contributed by atoms with Crippen LogP contribution in [0.3, 0.4) is 0 Å². The number of fused-ring (bicyclic) bond motifs is 1. The number of rotatable bonds is 9. The topological polar surface area (TPSA) is 128 Å². The van der Waals surface area contributed by atoms with E-state index in [1.54, 1.807) is 16.8 Å². The predicted molar refractivity (Wildman–Crippen MR) is 153 cm³/mol. The van der Waals surface area contributed by atoms with Crippen LogP contribution in [0.25, 0.3) is 28.1 Å². The van der Waals surface area contributed by atoms with E-state index in [0.29, 0.717) is 71.8 Å². The summed E-state index contributed by atoms with van der Waals surface area (Å²) in [5.74, 6) is 0.689. The van der Waals surface area contributed by atoms with Gasteiger partial charge in [0.05, 0.1) is 37.0 Å². The van der Waals surface area contributed by atoms with Gasteiger partial charge in [0.25, 0.3) is 0 Å². The molecule has 1 amide bonds. The third-order valence-electron chi connectivity index (χ3n) is 6.64. The molecule has 0 unspecified atom stereocenters. The minimum atomic E-state index is -2.76. The molecule has 1 fully saturated rings. The average molecular weight is 573 g/mol. The molecule has 6 rings (SSSR count). The minimum Gasteiger partial charge on any atom is -0.378 e. The lowest BCUT2D eigenvalue weighted by molar-refractivity contribution is -0.111. The number of aromatic nitrogens is 7. The first-order valence-corrected chi connectivity index (χ1v) is 13.1. The third-order valence-corrected chi connectivity index (χ3v) is 6.64. The molecule has 12 nitrogen and oxygen atoms in total. The Kier molecular flexibility index (Phi) is 7.51. The number of anilines is 3. The Labute approximate surface area is 238 Å². The normalized spacial score (nSPS) is 13.5. The number of pyridine rings is 1. The molecule has 14 heteroatoms. The molecule has 1 aliphatic heterocycles. The maximum absolute atomic E-state index is 13.2. The zero-order valence-electron chi connectivity index (χ0n) is 22.3. The highest BCUT2D eigenvalue weighted by Gasteiger charge is 2.21. The van der Waals surface area contributed by atoms with Crippen LogP contribution in [0.5, 0.6) is 0 Å². The molecule has 5 heterocycles. The fourth-order valence-corrected chi connectivity index (χ4v) is 4.50. The first-order valence-electron chi connectivity index (χ1n) is 13.1. The lowest BCUT2D eigenvalue weighted by Gasteiger charge is -2.27. The number of halogens is 2. The summed E-state index contributed by atoms with van der Waals surface area (Å²) in [4.78, 5) is 32.2. The van der Waals surface area contributed by atoms with E-state index in [4.69, 9.17) is 14.7 Å². The Morgan fingerprint density at radius 2 is 1.98 bits per heavy atom. The van der Waals surface area contributed by atoms with Crippen molar-refractivity contribution in [1.29, 1.82) is 0 Å². The summed E-state index contributed by atoms with van der Waals surface area (Å²) >= 11 is 0. The molecule has 214 valence electrons. The number of nitrogens with one attached hydrogen (secondary N) is 2. The first kappa shape index (κ1) is 27.0. The molecular weight excluding hydrogens is 546 g/mol. The summed E-state index contributed by atoms with van der Waals surface area (Å²) in [5.41, 5.74) is 4.49. The van der Waals surface area contributed by atoms with Gasteiger partial charge >= 0.3 is 6.55 Å². The second-order valence-corrected chi connectivity index (χ2v) is 9.39. The van der Waals surface area contributed by atoms with Crippen LogP contribution in [0.15, 0.2) is 74.0 Å². The van der Waals surface area contributed by atoms with E-state index in [0.717, 1.165) is 16.8 Å². The molecule has 0 aliphatic carbocycles. The summed E-state index contributed by atoms with van der Waals surface area (Å²) in [7, 11) is 0. The number of carbonyl (C=O) groups excluding carboxylic acids is 1.